The van der Waals surface area contributed by atoms with Crippen LogP contribution in [-0.4, -0.2) is 30.2 Å². The number of carbonyl (C=O) groups is 4. The van der Waals surface area contributed by atoms with Gasteiger partial charge >= 0.3 is 5.97 Å². The van der Waals surface area contributed by atoms with Crippen LogP contribution in [0.15, 0.2) is 59.1 Å². The topological polar surface area (TPSA) is 84.0 Å². The SMILES string of the molecule is Cc1cc(OC(=O)[C@@H]2CC(=O)N(c3c(C)cccc3C)C2)ccc1N1C(=O)c2ccc(Br)cc2C1=O. The zero-order valence-corrected chi connectivity index (χ0v) is 21.6. The van der Waals surface area contributed by atoms with E-state index in [1.807, 2.05) is 32.0 Å². The summed E-state index contributed by atoms with van der Waals surface area (Å²) in [5, 5.41) is 0. The van der Waals surface area contributed by atoms with E-state index < -0.39 is 23.7 Å². The van der Waals surface area contributed by atoms with Crippen molar-refractivity contribution < 1.29 is 23.9 Å². The molecule has 2 heterocycles. The van der Waals surface area contributed by atoms with Crippen molar-refractivity contribution in [1.29, 1.82) is 0 Å². The molecule has 36 heavy (non-hydrogen) atoms. The van der Waals surface area contributed by atoms with E-state index in [0.717, 1.165) is 21.7 Å². The predicted octanol–water partition coefficient (Wildman–Crippen LogP) is 5.13. The summed E-state index contributed by atoms with van der Waals surface area (Å²) in [6.45, 7) is 5.89. The van der Waals surface area contributed by atoms with Gasteiger partial charge in [-0.15, -0.1) is 0 Å². The summed E-state index contributed by atoms with van der Waals surface area (Å²) in [6.07, 6.45) is 0.0777. The van der Waals surface area contributed by atoms with Gasteiger partial charge in [0.2, 0.25) is 5.91 Å². The largest absolute Gasteiger partial charge is 0.426 e. The van der Waals surface area contributed by atoms with E-state index in [1.54, 1.807) is 48.2 Å². The Morgan fingerprint density at radius 1 is 0.889 bits per heavy atom. The van der Waals surface area contributed by atoms with Crippen LogP contribution in [0.3, 0.4) is 0 Å². The maximum atomic E-state index is 12.9. The van der Waals surface area contributed by atoms with Crippen LogP contribution in [0.4, 0.5) is 11.4 Å². The van der Waals surface area contributed by atoms with Crippen molar-refractivity contribution in [3.05, 3.63) is 86.9 Å². The third-order valence-corrected chi connectivity index (χ3v) is 7.14. The standard InChI is InChI=1S/C28H23BrN2O5/c1-15-5-4-6-16(2)25(15)30-14-18(12-24(30)32)28(35)36-20-8-10-23(17(3)11-20)31-26(33)21-9-7-19(29)13-22(21)27(31)34/h4-11,13,18H,12,14H2,1-3H3/t18-/m1/s1. The maximum absolute atomic E-state index is 12.9. The quantitative estimate of drug-likeness (QED) is 0.257. The minimum atomic E-state index is -0.592. The molecule has 0 spiro atoms. The number of esters is 1. The van der Waals surface area contributed by atoms with Gasteiger partial charge in [-0.3, -0.25) is 19.2 Å². The minimum absolute atomic E-state index is 0.0777. The molecule has 3 aromatic carbocycles. The van der Waals surface area contributed by atoms with Crippen LogP contribution in [0.25, 0.3) is 0 Å². The van der Waals surface area contributed by atoms with Gasteiger partial charge in [-0.05, 0) is 73.9 Å². The molecule has 0 saturated carbocycles. The lowest BCUT2D eigenvalue weighted by Crippen LogP contribution is -2.30. The first kappa shape index (κ1) is 23.9. The molecule has 1 atom stereocenters. The minimum Gasteiger partial charge on any atom is -0.426 e. The number of anilines is 2. The van der Waals surface area contributed by atoms with E-state index in [1.165, 1.54) is 0 Å². The van der Waals surface area contributed by atoms with E-state index in [0.29, 0.717) is 32.6 Å². The zero-order chi connectivity index (χ0) is 25.7. The maximum Gasteiger partial charge on any atom is 0.316 e. The smallest absolute Gasteiger partial charge is 0.316 e. The van der Waals surface area contributed by atoms with Gasteiger partial charge in [0.1, 0.15) is 5.75 Å². The fourth-order valence-electron chi connectivity index (χ4n) is 4.89. The third-order valence-electron chi connectivity index (χ3n) is 6.64. The summed E-state index contributed by atoms with van der Waals surface area (Å²) in [7, 11) is 0. The average Bonchev–Trinajstić information content (AvgIpc) is 3.31. The number of aryl methyl sites for hydroxylation is 3. The molecule has 8 heteroatoms. The van der Waals surface area contributed by atoms with Crippen LogP contribution in [0.1, 0.15) is 43.8 Å². The predicted molar refractivity (Wildman–Crippen MR) is 138 cm³/mol. The second-order valence-electron chi connectivity index (χ2n) is 9.15. The Hall–Kier alpha value is -3.78. The van der Waals surface area contributed by atoms with Crippen molar-refractivity contribution in [3.63, 3.8) is 0 Å². The summed E-state index contributed by atoms with van der Waals surface area (Å²) < 4.78 is 6.32. The highest BCUT2D eigenvalue weighted by Gasteiger charge is 2.39. The van der Waals surface area contributed by atoms with Crippen LogP contribution in [-0.2, 0) is 9.59 Å². The summed E-state index contributed by atoms with van der Waals surface area (Å²) in [5.74, 6) is -1.70. The molecule has 2 aliphatic rings. The van der Waals surface area contributed by atoms with E-state index in [4.69, 9.17) is 4.74 Å². The molecule has 3 amide bonds. The van der Waals surface area contributed by atoms with Crippen molar-refractivity contribution in [2.45, 2.75) is 27.2 Å². The molecule has 7 nitrogen and oxygen atoms in total. The Bertz CT molecular complexity index is 1440. The normalized spacial score (nSPS) is 17.1. The molecule has 5 rings (SSSR count). The number of benzene rings is 3. The van der Waals surface area contributed by atoms with E-state index in [2.05, 4.69) is 15.9 Å². The van der Waals surface area contributed by atoms with Gasteiger partial charge in [0, 0.05) is 23.1 Å². The first-order valence-electron chi connectivity index (χ1n) is 11.5. The summed E-state index contributed by atoms with van der Waals surface area (Å²) in [6, 6.07) is 15.6. The second kappa shape index (κ2) is 9.02. The van der Waals surface area contributed by atoms with Crippen molar-refractivity contribution >= 4 is 51.0 Å². The molecule has 0 aromatic heterocycles. The van der Waals surface area contributed by atoms with Gasteiger partial charge in [0.05, 0.1) is 22.7 Å². The third kappa shape index (κ3) is 4.01. The number of imide groups is 1. The van der Waals surface area contributed by atoms with Gasteiger partial charge in [-0.2, -0.15) is 0 Å². The highest BCUT2D eigenvalue weighted by molar-refractivity contribution is 9.10. The van der Waals surface area contributed by atoms with Gasteiger partial charge < -0.3 is 9.64 Å². The Morgan fingerprint density at radius 2 is 1.58 bits per heavy atom. The number of ether oxygens (including phenoxy) is 1. The Kier molecular flexibility index (Phi) is 6.00. The first-order chi connectivity index (χ1) is 17.2. The number of fused-ring (bicyclic) bond motifs is 1. The van der Waals surface area contributed by atoms with Crippen molar-refractivity contribution in [2.24, 2.45) is 5.92 Å². The number of hydrogen-bond acceptors (Lipinski definition) is 5. The van der Waals surface area contributed by atoms with Gasteiger partial charge in [0.15, 0.2) is 0 Å². The van der Waals surface area contributed by atoms with Gasteiger partial charge in [-0.25, -0.2) is 4.90 Å². The molecular weight excluding hydrogens is 524 g/mol. The molecule has 0 unspecified atom stereocenters. The number of amides is 3. The molecular formula is C28H23BrN2O5. The number of rotatable bonds is 4. The van der Waals surface area contributed by atoms with E-state index in [-0.39, 0.29) is 18.9 Å². The lowest BCUT2D eigenvalue weighted by molar-refractivity contribution is -0.139. The van der Waals surface area contributed by atoms with Gasteiger partial charge in [-0.1, -0.05) is 34.1 Å². The highest BCUT2D eigenvalue weighted by Crippen LogP contribution is 2.35. The van der Waals surface area contributed by atoms with E-state index >= 15 is 0 Å². The Labute approximate surface area is 216 Å². The highest BCUT2D eigenvalue weighted by atomic mass is 79.9. The molecule has 182 valence electrons. The molecule has 1 saturated heterocycles. The summed E-state index contributed by atoms with van der Waals surface area (Å²) >= 11 is 3.34. The van der Waals surface area contributed by atoms with Crippen LogP contribution in [0.2, 0.25) is 0 Å². The van der Waals surface area contributed by atoms with E-state index in [9.17, 15) is 19.2 Å². The molecule has 1 fully saturated rings. The molecule has 0 aliphatic carbocycles. The number of hydrogen-bond donors (Lipinski definition) is 0. The molecule has 0 radical (unpaired) electrons. The summed E-state index contributed by atoms with van der Waals surface area (Å²) in [5.41, 5.74) is 4.50. The lowest BCUT2D eigenvalue weighted by Gasteiger charge is -2.21. The molecule has 0 N–H and O–H groups in total. The second-order valence-corrected chi connectivity index (χ2v) is 10.1. The van der Waals surface area contributed by atoms with Crippen molar-refractivity contribution in [2.75, 3.05) is 16.3 Å². The monoisotopic (exact) mass is 546 g/mol. The van der Waals surface area contributed by atoms with Crippen molar-refractivity contribution in [3.8, 4) is 5.75 Å². The number of para-hydroxylation sites is 1. The first-order valence-corrected chi connectivity index (χ1v) is 12.3. The number of halogens is 1. The fourth-order valence-corrected chi connectivity index (χ4v) is 5.25. The number of carbonyl (C=O) groups excluding carboxylic acids is 4. The molecule has 0 bridgehead atoms. The van der Waals surface area contributed by atoms with Crippen LogP contribution in [0, 0.1) is 26.7 Å². The summed E-state index contributed by atoms with van der Waals surface area (Å²) in [4.78, 5) is 54.3. The zero-order valence-electron chi connectivity index (χ0n) is 20.0. The lowest BCUT2D eigenvalue weighted by atomic mass is 10.1. The number of nitrogens with zero attached hydrogens (tertiary/aromatic N) is 2. The average molecular weight is 547 g/mol. The van der Waals surface area contributed by atoms with Crippen LogP contribution < -0.4 is 14.5 Å². The molecule has 3 aromatic rings. The van der Waals surface area contributed by atoms with Gasteiger partial charge in [0.25, 0.3) is 11.8 Å². The fraction of sp³-hybridized carbons (Fsp3) is 0.214. The Morgan fingerprint density at radius 3 is 2.28 bits per heavy atom. The Balaban J connectivity index is 1.32. The van der Waals surface area contributed by atoms with Crippen LogP contribution in [0.5, 0.6) is 5.75 Å². The molecule has 2 aliphatic heterocycles. The van der Waals surface area contributed by atoms with Crippen molar-refractivity contribution in [1.82, 2.24) is 0 Å². The van der Waals surface area contributed by atoms with Crippen LogP contribution >= 0.6 is 15.9 Å².